The number of hydrogen-bond donors (Lipinski definition) is 10. The molecule has 348 valence electrons. The molecule has 0 aliphatic heterocycles. The molecule has 2 unspecified atom stereocenters. The highest BCUT2D eigenvalue weighted by molar-refractivity contribution is 7.86. The Hall–Kier alpha value is -6.90. The maximum atomic E-state index is 12.8. The third-order valence-corrected chi connectivity index (χ3v) is 10.9. The minimum atomic E-state index is -4.92. The SMILES string of the molecule is CC(O)CN(CC(C)O)c1nc(Nc2ccccc2)nc(Nc2ccc(/C=C/c3ccc(Nc4nc(Nc5ccccc5)nc(N(CCO)CCO)n4)cc3S(=O)(=O)O)c(S(=O)(=O)O)c2)n1. The smallest absolute Gasteiger partial charge is 0.295 e. The summed E-state index contributed by atoms with van der Waals surface area (Å²) >= 11 is 0. The minimum absolute atomic E-state index is 0.0520. The number of hydrogen-bond acceptors (Lipinski definition) is 20. The molecule has 0 radical (unpaired) electrons. The first-order valence-electron chi connectivity index (χ1n) is 20.2. The second-order valence-corrected chi connectivity index (χ2v) is 17.4. The number of aliphatic hydroxyl groups is 4. The van der Waals surface area contributed by atoms with Crippen molar-refractivity contribution < 1.29 is 46.4 Å². The highest BCUT2D eigenvalue weighted by atomic mass is 32.2. The second-order valence-electron chi connectivity index (χ2n) is 14.6. The van der Waals surface area contributed by atoms with Crippen molar-refractivity contribution in [3.63, 3.8) is 0 Å². The van der Waals surface area contributed by atoms with Gasteiger partial charge in [-0.25, -0.2) is 0 Å². The minimum Gasteiger partial charge on any atom is -0.395 e. The number of anilines is 10. The molecule has 2 atom stereocenters. The summed E-state index contributed by atoms with van der Waals surface area (Å²) in [6, 6.07) is 25.7. The van der Waals surface area contributed by atoms with Gasteiger partial charge in [0.2, 0.25) is 35.7 Å². The van der Waals surface area contributed by atoms with Crippen LogP contribution in [0, 0.1) is 0 Å². The average molecular weight is 945 g/mol. The molecular formula is C42H48N12O10S2. The van der Waals surface area contributed by atoms with Crippen LogP contribution in [0.1, 0.15) is 25.0 Å². The van der Waals surface area contributed by atoms with E-state index >= 15 is 0 Å². The molecule has 2 heterocycles. The molecule has 0 saturated carbocycles. The van der Waals surface area contributed by atoms with Crippen LogP contribution in [0.5, 0.6) is 0 Å². The Morgan fingerprint density at radius 2 is 0.864 bits per heavy atom. The third kappa shape index (κ3) is 13.8. The fourth-order valence-corrected chi connectivity index (χ4v) is 7.77. The van der Waals surface area contributed by atoms with E-state index in [1.165, 1.54) is 41.3 Å². The van der Waals surface area contributed by atoms with Crippen molar-refractivity contribution in [1.29, 1.82) is 0 Å². The van der Waals surface area contributed by atoms with Gasteiger partial charge in [-0.05, 0) is 73.5 Å². The number of benzene rings is 4. The lowest BCUT2D eigenvalue weighted by Gasteiger charge is -2.26. The van der Waals surface area contributed by atoms with Crippen LogP contribution in [-0.4, -0.2) is 128 Å². The molecule has 0 fully saturated rings. The topological polar surface area (TPSA) is 322 Å². The van der Waals surface area contributed by atoms with Crippen molar-refractivity contribution in [2.45, 2.75) is 35.8 Å². The molecule has 0 bridgehead atoms. The summed E-state index contributed by atoms with van der Waals surface area (Å²) in [6.07, 6.45) is 0.799. The zero-order chi connectivity index (χ0) is 47.4. The predicted molar refractivity (Wildman–Crippen MR) is 249 cm³/mol. The number of aromatic nitrogens is 6. The molecule has 66 heavy (non-hydrogen) atoms. The summed E-state index contributed by atoms with van der Waals surface area (Å²) < 4.78 is 71.7. The first-order valence-corrected chi connectivity index (χ1v) is 23.0. The Balaban J connectivity index is 1.31. The molecule has 6 aromatic rings. The van der Waals surface area contributed by atoms with Crippen LogP contribution >= 0.6 is 0 Å². The van der Waals surface area contributed by atoms with Gasteiger partial charge in [0.05, 0.1) is 25.4 Å². The Morgan fingerprint density at radius 3 is 1.20 bits per heavy atom. The Morgan fingerprint density at radius 1 is 0.515 bits per heavy atom. The van der Waals surface area contributed by atoms with Gasteiger partial charge in [-0.2, -0.15) is 46.7 Å². The van der Waals surface area contributed by atoms with E-state index in [-0.39, 0.29) is 97.6 Å². The second kappa shape index (κ2) is 21.9. The molecule has 10 N–H and O–H groups in total. The van der Waals surface area contributed by atoms with Gasteiger partial charge in [-0.15, -0.1) is 0 Å². The number of aliphatic hydroxyl groups excluding tert-OH is 4. The monoisotopic (exact) mass is 944 g/mol. The van der Waals surface area contributed by atoms with Gasteiger partial charge in [0.25, 0.3) is 20.2 Å². The van der Waals surface area contributed by atoms with E-state index in [0.717, 1.165) is 12.1 Å². The number of nitrogens with one attached hydrogen (secondary N) is 4. The van der Waals surface area contributed by atoms with Gasteiger partial charge in [0.1, 0.15) is 9.79 Å². The van der Waals surface area contributed by atoms with Gasteiger partial charge in [0, 0.05) is 48.9 Å². The molecule has 0 amide bonds. The molecule has 4 aromatic carbocycles. The highest BCUT2D eigenvalue weighted by Gasteiger charge is 2.21. The summed E-state index contributed by atoms with van der Waals surface area (Å²) in [6.45, 7) is 2.83. The normalized spacial score (nSPS) is 12.7. The van der Waals surface area contributed by atoms with Gasteiger partial charge < -0.3 is 51.5 Å². The summed E-state index contributed by atoms with van der Waals surface area (Å²) in [5, 5.41) is 51.6. The van der Waals surface area contributed by atoms with E-state index in [1.54, 1.807) is 67.3 Å². The molecule has 0 spiro atoms. The molecular weight excluding hydrogens is 897 g/mol. The van der Waals surface area contributed by atoms with Crippen molar-refractivity contribution in [1.82, 2.24) is 29.9 Å². The van der Waals surface area contributed by atoms with Gasteiger partial charge >= 0.3 is 0 Å². The lowest BCUT2D eigenvalue weighted by molar-refractivity contribution is 0.177. The third-order valence-electron chi connectivity index (χ3n) is 9.12. The molecule has 2 aromatic heterocycles. The summed E-state index contributed by atoms with van der Waals surface area (Å²) in [5.74, 6) is 0.170. The van der Waals surface area contributed by atoms with Crippen LogP contribution in [-0.2, 0) is 20.2 Å². The molecule has 0 aliphatic carbocycles. The van der Waals surface area contributed by atoms with Gasteiger partial charge in [-0.1, -0.05) is 60.7 Å². The average Bonchev–Trinajstić information content (AvgIpc) is 3.25. The van der Waals surface area contributed by atoms with Crippen LogP contribution < -0.4 is 31.1 Å². The molecule has 0 aliphatic rings. The zero-order valence-electron chi connectivity index (χ0n) is 35.5. The largest absolute Gasteiger partial charge is 0.395 e. The summed E-state index contributed by atoms with van der Waals surface area (Å²) in [5.41, 5.74) is 1.35. The van der Waals surface area contributed by atoms with Crippen molar-refractivity contribution in [2.24, 2.45) is 0 Å². The number of nitrogens with zero attached hydrogens (tertiary/aromatic N) is 8. The lowest BCUT2D eigenvalue weighted by Crippen LogP contribution is -2.37. The van der Waals surface area contributed by atoms with E-state index in [1.807, 2.05) is 12.1 Å². The maximum absolute atomic E-state index is 12.8. The van der Waals surface area contributed by atoms with E-state index in [9.17, 15) is 46.4 Å². The van der Waals surface area contributed by atoms with E-state index in [0.29, 0.717) is 11.4 Å². The van der Waals surface area contributed by atoms with Crippen LogP contribution in [0.15, 0.2) is 107 Å². The first kappa shape index (κ1) is 48.6. The van der Waals surface area contributed by atoms with Crippen LogP contribution in [0.3, 0.4) is 0 Å². The molecule has 0 saturated heterocycles. The van der Waals surface area contributed by atoms with Crippen molar-refractivity contribution >= 4 is 90.8 Å². The lowest BCUT2D eigenvalue weighted by atomic mass is 10.1. The Bertz CT molecular complexity index is 2830. The van der Waals surface area contributed by atoms with Crippen molar-refractivity contribution in [3.8, 4) is 0 Å². The first-order chi connectivity index (χ1) is 31.5. The predicted octanol–water partition coefficient (Wildman–Crippen LogP) is 4.05. The maximum Gasteiger partial charge on any atom is 0.295 e. The van der Waals surface area contributed by atoms with Crippen LogP contribution in [0.2, 0.25) is 0 Å². The van der Waals surface area contributed by atoms with Crippen LogP contribution in [0.4, 0.5) is 58.4 Å². The van der Waals surface area contributed by atoms with Gasteiger partial charge in [0.15, 0.2) is 0 Å². The quantitative estimate of drug-likeness (QED) is 0.0339. The highest BCUT2D eigenvalue weighted by Crippen LogP contribution is 2.29. The van der Waals surface area contributed by atoms with E-state index in [2.05, 4.69) is 51.2 Å². The summed E-state index contributed by atoms with van der Waals surface area (Å²) in [7, 11) is -9.84. The number of rotatable bonds is 22. The standard InChI is InChI=1S/C42H48N12O10S2/c1-27(57)25-54(26-28(2)58)42-51-38(44-32-11-7-4-8-12-32)48-40(52-42)46-34-18-16-30(36(24-34)66(62,63)64)14-13-29-15-17-33(23-35(29)65(59,60)61)45-39-47-37(43-31-9-5-3-6-10-31)49-41(50-39)53(19-21-55)20-22-56/h3-18,23-24,27-28,55-58H,19-22,25-26H2,1-2H3,(H,59,60,61)(H,62,63,64)(H2,43,45,47,49,50)(H2,44,46,48,51,52)/b14-13+. The van der Waals surface area contributed by atoms with Crippen LogP contribution in [0.25, 0.3) is 12.2 Å². The van der Waals surface area contributed by atoms with E-state index in [4.69, 9.17) is 0 Å². The fraction of sp³-hybridized carbons (Fsp3) is 0.238. The van der Waals surface area contributed by atoms with Gasteiger partial charge in [-0.3, -0.25) is 9.11 Å². The van der Waals surface area contributed by atoms with Crippen molar-refractivity contribution in [3.05, 3.63) is 108 Å². The molecule has 22 nitrogen and oxygen atoms in total. The molecule has 24 heteroatoms. The number of para-hydroxylation sites is 2. The zero-order valence-corrected chi connectivity index (χ0v) is 37.1. The Kier molecular flexibility index (Phi) is 16.1. The Labute approximate surface area is 380 Å². The van der Waals surface area contributed by atoms with Crippen molar-refractivity contribution in [2.75, 3.05) is 70.5 Å². The molecule has 6 rings (SSSR count). The summed E-state index contributed by atoms with van der Waals surface area (Å²) in [4.78, 5) is 28.5. The van der Waals surface area contributed by atoms with E-state index < -0.39 is 42.2 Å². The fourth-order valence-electron chi connectivity index (χ4n) is 6.35.